The highest BCUT2D eigenvalue weighted by Crippen LogP contribution is 2.34. The first-order chi connectivity index (χ1) is 18.3. The van der Waals surface area contributed by atoms with Gasteiger partial charge >= 0.3 is 29.8 Å². The number of aliphatic hydroxyl groups is 2. The van der Waals surface area contributed by atoms with E-state index in [2.05, 4.69) is 0 Å². The fraction of sp³-hybridized carbons (Fsp3) is 0.783. The minimum absolute atomic E-state index is 0.513. The smallest absolute Gasteiger partial charge is 0.303 e. The molecule has 0 spiro atoms. The number of ether oxygens (including phenoxy) is 9. The second-order valence-corrected chi connectivity index (χ2v) is 8.69. The van der Waals surface area contributed by atoms with E-state index in [1.54, 1.807) is 0 Å². The van der Waals surface area contributed by atoms with Crippen LogP contribution in [0.4, 0.5) is 0 Å². The Bertz CT molecular complexity index is 891. The van der Waals surface area contributed by atoms with Crippen molar-refractivity contribution in [1.29, 1.82) is 0 Å². The van der Waals surface area contributed by atoms with Crippen LogP contribution < -0.4 is 0 Å². The number of methoxy groups -OCH3 is 1. The van der Waals surface area contributed by atoms with Crippen molar-refractivity contribution in [2.45, 2.75) is 96.0 Å². The standard InChI is InChI=1S/C23H34O16/c1-9(25)32-8-15-17(33-10(2)26)19(34-11(3)27)21(36-13(5)29)23(38-15)39-18-16(30)14(7-24)37-22(31-6)20(18)35-12(4)28/h14-24,30H,7-8H2,1-6H3/t14-,15-,16-,17-,18+,19+,20+,21+,22+,23-/m1/s1. The van der Waals surface area contributed by atoms with E-state index in [1.807, 2.05) is 0 Å². The molecule has 0 aromatic rings. The topological polar surface area (TPSA) is 209 Å². The molecule has 0 bridgehead atoms. The monoisotopic (exact) mass is 566 g/mol. The van der Waals surface area contributed by atoms with E-state index in [0.29, 0.717) is 0 Å². The highest BCUT2D eigenvalue weighted by Gasteiger charge is 2.56. The van der Waals surface area contributed by atoms with Crippen LogP contribution in [0.3, 0.4) is 0 Å². The maximum Gasteiger partial charge on any atom is 0.303 e. The normalized spacial score (nSPS) is 34.4. The van der Waals surface area contributed by atoms with E-state index in [9.17, 15) is 34.2 Å². The lowest BCUT2D eigenvalue weighted by Gasteiger charge is -2.48. The van der Waals surface area contributed by atoms with Crippen molar-refractivity contribution in [3.05, 3.63) is 0 Å². The second-order valence-electron chi connectivity index (χ2n) is 8.69. The Morgan fingerprint density at radius 1 is 0.641 bits per heavy atom. The molecule has 0 aliphatic carbocycles. The molecular formula is C23H34O16. The van der Waals surface area contributed by atoms with Gasteiger partial charge in [0.15, 0.2) is 37.0 Å². The van der Waals surface area contributed by atoms with Gasteiger partial charge in [-0.3, -0.25) is 24.0 Å². The molecule has 10 atom stereocenters. The van der Waals surface area contributed by atoms with Gasteiger partial charge in [-0.15, -0.1) is 0 Å². The second kappa shape index (κ2) is 14.5. The SMILES string of the molecule is CO[C@H]1O[C@H](CO)[C@@H](O)[C@H](O[C@H]2O[C@H](COC(C)=O)[C@@H](OC(C)=O)[C@H](OC(C)=O)[C@@H]2OC(C)=O)[C@@H]1OC(C)=O. The van der Waals surface area contributed by atoms with Gasteiger partial charge < -0.3 is 52.8 Å². The highest BCUT2D eigenvalue weighted by molar-refractivity contribution is 5.69. The molecule has 2 N–H and O–H groups in total. The average molecular weight is 567 g/mol. The molecule has 2 aliphatic heterocycles. The van der Waals surface area contributed by atoms with Gasteiger partial charge in [0, 0.05) is 41.7 Å². The Labute approximate surface area is 223 Å². The van der Waals surface area contributed by atoms with E-state index >= 15 is 0 Å². The van der Waals surface area contributed by atoms with E-state index in [-0.39, 0.29) is 0 Å². The molecule has 0 unspecified atom stereocenters. The predicted octanol–water partition coefficient (Wildman–Crippen LogP) is -1.89. The summed E-state index contributed by atoms with van der Waals surface area (Å²) in [6.45, 7) is 4.16. The summed E-state index contributed by atoms with van der Waals surface area (Å²) < 4.78 is 48.7. The average Bonchev–Trinajstić information content (AvgIpc) is 2.82. The van der Waals surface area contributed by atoms with Crippen molar-refractivity contribution >= 4 is 29.8 Å². The summed E-state index contributed by atoms with van der Waals surface area (Å²) in [5.74, 6) is -4.06. The summed E-state index contributed by atoms with van der Waals surface area (Å²) in [7, 11) is 1.22. The maximum atomic E-state index is 12.0. The summed E-state index contributed by atoms with van der Waals surface area (Å²) in [4.78, 5) is 59.3. The molecule has 0 amide bonds. The van der Waals surface area contributed by atoms with E-state index in [0.717, 1.165) is 34.6 Å². The van der Waals surface area contributed by atoms with Crippen molar-refractivity contribution in [3.63, 3.8) is 0 Å². The van der Waals surface area contributed by atoms with Gasteiger partial charge in [0.25, 0.3) is 0 Å². The first-order valence-corrected chi connectivity index (χ1v) is 11.9. The Morgan fingerprint density at radius 2 is 1.10 bits per heavy atom. The van der Waals surface area contributed by atoms with Crippen LogP contribution in [0.15, 0.2) is 0 Å². The molecule has 0 radical (unpaired) electrons. The largest absolute Gasteiger partial charge is 0.463 e. The number of rotatable bonds is 10. The van der Waals surface area contributed by atoms with Crippen molar-refractivity contribution in [3.8, 4) is 0 Å². The summed E-state index contributed by atoms with van der Waals surface area (Å²) in [5, 5.41) is 20.6. The van der Waals surface area contributed by atoms with Crippen LogP contribution in [0.25, 0.3) is 0 Å². The van der Waals surface area contributed by atoms with Gasteiger partial charge in [-0.05, 0) is 0 Å². The van der Waals surface area contributed by atoms with Gasteiger partial charge in [0.05, 0.1) is 6.61 Å². The first-order valence-electron chi connectivity index (χ1n) is 11.9. The lowest BCUT2D eigenvalue weighted by Crippen LogP contribution is -2.66. The van der Waals surface area contributed by atoms with Crippen molar-refractivity contribution in [2.24, 2.45) is 0 Å². The Kier molecular flexibility index (Phi) is 12.0. The maximum absolute atomic E-state index is 12.0. The molecule has 16 nitrogen and oxygen atoms in total. The number of esters is 5. The Balaban J connectivity index is 2.56. The molecule has 0 aromatic heterocycles. The van der Waals surface area contributed by atoms with Gasteiger partial charge in [-0.2, -0.15) is 0 Å². The van der Waals surface area contributed by atoms with Gasteiger partial charge in [-0.25, -0.2) is 0 Å². The lowest BCUT2D eigenvalue weighted by molar-refractivity contribution is -0.359. The van der Waals surface area contributed by atoms with Crippen molar-refractivity contribution in [2.75, 3.05) is 20.3 Å². The summed E-state index contributed by atoms with van der Waals surface area (Å²) >= 11 is 0. The molecule has 16 heteroatoms. The number of aliphatic hydroxyl groups excluding tert-OH is 2. The summed E-state index contributed by atoms with van der Waals surface area (Å²) in [6.07, 6.45) is -14.8. The van der Waals surface area contributed by atoms with Crippen LogP contribution >= 0.6 is 0 Å². The van der Waals surface area contributed by atoms with Crippen molar-refractivity contribution < 1.29 is 76.8 Å². The zero-order valence-corrected chi connectivity index (χ0v) is 22.3. The fourth-order valence-electron chi connectivity index (χ4n) is 4.16. The van der Waals surface area contributed by atoms with E-state index in [4.69, 9.17) is 42.6 Å². The number of carbonyl (C=O) groups is 5. The molecule has 0 saturated carbocycles. The van der Waals surface area contributed by atoms with Gasteiger partial charge in [0.2, 0.25) is 0 Å². The number of hydrogen-bond acceptors (Lipinski definition) is 16. The minimum atomic E-state index is -1.70. The molecule has 2 saturated heterocycles. The quantitative estimate of drug-likeness (QED) is 0.219. The molecular weight excluding hydrogens is 532 g/mol. The number of hydrogen-bond donors (Lipinski definition) is 2. The third-order valence-corrected chi connectivity index (χ3v) is 5.57. The Morgan fingerprint density at radius 3 is 1.56 bits per heavy atom. The van der Waals surface area contributed by atoms with Gasteiger partial charge in [-0.1, -0.05) is 0 Å². The molecule has 222 valence electrons. The third-order valence-electron chi connectivity index (χ3n) is 5.57. The van der Waals surface area contributed by atoms with Crippen molar-refractivity contribution in [1.82, 2.24) is 0 Å². The molecule has 2 fully saturated rings. The third kappa shape index (κ3) is 8.81. The highest BCUT2D eigenvalue weighted by atomic mass is 16.8. The summed E-state index contributed by atoms with van der Waals surface area (Å²) in [6, 6.07) is 0. The minimum Gasteiger partial charge on any atom is -0.463 e. The zero-order chi connectivity index (χ0) is 29.4. The van der Waals surface area contributed by atoms with E-state index in [1.165, 1.54) is 7.11 Å². The van der Waals surface area contributed by atoms with Crippen LogP contribution in [0, 0.1) is 0 Å². The molecule has 39 heavy (non-hydrogen) atoms. The molecule has 2 heterocycles. The van der Waals surface area contributed by atoms with Crippen LogP contribution in [0.5, 0.6) is 0 Å². The summed E-state index contributed by atoms with van der Waals surface area (Å²) in [5.41, 5.74) is 0. The van der Waals surface area contributed by atoms with Crippen LogP contribution in [0.2, 0.25) is 0 Å². The molecule has 2 rings (SSSR count). The number of carbonyl (C=O) groups excluding carboxylic acids is 5. The van der Waals surface area contributed by atoms with E-state index < -0.39 is 104 Å². The lowest BCUT2D eigenvalue weighted by atomic mass is 9.96. The fourth-order valence-corrected chi connectivity index (χ4v) is 4.16. The predicted molar refractivity (Wildman–Crippen MR) is 121 cm³/mol. The molecule has 0 aromatic carbocycles. The Hall–Kier alpha value is -2.89. The van der Waals surface area contributed by atoms with Crippen LogP contribution in [-0.2, 0) is 66.6 Å². The first kappa shape index (κ1) is 32.3. The van der Waals surface area contributed by atoms with Gasteiger partial charge in [0.1, 0.15) is 31.0 Å². The zero-order valence-electron chi connectivity index (χ0n) is 22.3. The van der Waals surface area contributed by atoms with Crippen LogP contribution in [0.1, 0.15) is 34.6 Å². The molecule has 2 aliphatic rings. The van der Waals surface area contributed by atoms with Crippen LogP contribution in [-0.4, -0.2) is 122 Å².